The molecule has 0 radical (unpaired) electrons. The quantitative estimate of drug-likeness (QED) is 0.257. The van der Waals surface area contributed by atoms with Crippen LogP contribution in [0.15, 0.2) is 72.8 Å². The predicted octanol–water partition coefficient (Wildman–Crippen LogP) is 6.78. The van der Waals surface area contributed by atoms with Gasteiger partial charge in [0.2, 0.25) is 0 Å². The Kier molecular flexibility index (Phi) is 7.53. The number of hydrogen-bond acceptors (Lipinski definition) is 4. The molecular formula is C37H42N4O3. The summed E-state index contributed by atoms with van der Waals surface area (Å²) in [7, 11) is 0. The highest BCUT2D eigenvalue weighted by Gasteiger charge is 2.44. The number of aromatic carboxylic acids is 1. The summed E-state index contributed by atoms with van der Waals surface area (Å²) in [6.45, 7) is 6.71. The number of carboxylic acid groups (broad SMARTS) is 1. The summed E-state index contributed by atoms with van der Waals surface area (Å²) in [5.41, 5.74) is 5.62. The maximum Gasteiger partial charge on any atom is 0.335 e. The molecule has 0 aliphatic carbocycles. The molecule has 0 spiro atoms. The number of aromatic nitrogens is 2. The molecule has 1 N–H and O–H groups in total. The van der Waals surface area contributed by atoms with Crippen molar-refractivity contribution < 1.29 is 14.7 Å². The van der Waals surface area contributed by atoms with Crippen LogP contribution in [0.3, 0.4) is 0 Å². The fraction of sp³-hybridized carbons (Fsp3) is 0.432. The van der Waals surface area contributed by atoms with E-state index in [1.165, 1.54) is 54.5 Å². The van der Waals surface area contributed by atoms with Gasteiger partial charge in [0.1, 0.15) is 5.82 Å². The van der Waals surface area contributed by atoms with Crippen molar-refractivity contribution in [3.8, 4) is 0 Å². The van der Waals surface area contributed by atoms with Crippen molar-refractivity contribution in [2.75, 3.05) is 19.6 Å². The van der Waals surface area contributed by atoms with Gasteiger partial charge in [-0.3, -0.25) is 9.69 Å². The molecule has 0 saturated carbocycles. The first-order valence-corrected chi connectivity index (χ1v) is 16.2. The standard InChI is InChI=1S/C37H42N4O3/c1-25-10-12-29(13-11-25)37(16-19-39(20-17-37)35(42)27-6-5-7-28(22-27)36(43)44)18-21-40-30-14-15-31(40)24-32(23-30)41-26(2)38-33-8-3-4-9-34(33)41/h3-13,22,30-32H,14-21,23-24H2,1-2H3,(H,43,44). The summed E-state index contributed by atoms with van der Waals surface area (Å²) in [4.78, 5) is 34.5. The number of amides is 1. The number of carbonyl (C=O) groups is 2. The molecular weight excluding hydrogens is 548 g/mol. The molecule has 4 heterocycles. The summed E-state index contributed by atoms with van der Waals surface area (Å²) in [6.07, 6.45) is 7.78. The summed E-state index contributed by atoms with van der Waals surface area (Å²) in [5.74, 6) is 0.0367. The van der Waals surface area contributed by atoms with Crippen molar-refractivity contribution in [1.82, 2.24) is 19.4 Å². The molecule has 7 heteroatoms. The Bertz CT molecular complexity index is 1670. The topological polar surface area (TPSA) is 78.7 Å². The summed E-state index contributed by atoms with van der Waals surface area (Å²) < 4.78 is 2.50. The van der Waals surface area contributed by atoms with Gasteiger partial charge in [-0.2, -0.15) is 0 Å². The molecule has 44 heavy (non-hydrogen) atoms. The van der Waals surface area contributed by atoms with Crippen LogP contribution < -0.4 is 0 Å². The Hall–Kier alpha value is -3.97. The van der Waals surface area contributed by atoms with Gasteiger partial charge in [0.05, 0.1) is 16.6 Å². The van der Waals surface area contributed by atoms with Crippen LogP contribution in [-0.2, 0) is 5.41 Å². The monoisotopic (exact) mass is 590 g/mol. The molecule has 3 fully saturated rings. The molecule has 2 unspecified atom stereocenters. The Balaban J connectivity index is 1.07. The van der Waals surface area contributed by atoms with Gasteiger partial charge in [-0.25, -0.2) is 9.78 Å². The minimum Gasteiger partial charge on any atom is -0.478 e. The van der Waals surface area contributed by atoms with Crippen molar-refractivity contribution in [3.05, 3.63) is 101 Å². The highest BCUT2D eigenvalue weighted by Crippen LogP contribution is 2.45. The number of piperidine rings is 2. The smallest absolute Gasteiger partial charge is 0.335 e. The lowest BCUT2D eigenvalue weighted by atomic mass is 9.70. The first-order valence-electron chi connectivity index (χ1n) is 16.2. The van der Waals surface area contributed by atoms with Gasteiger partial charge >= 0.3 is 5.97 Å². The van der Waals surface area contributed by atoms with Crippen molar-refractivity contribution in [2.45, 2.75) is 82.3 Å². The van der Waals surface area contributed by atoms with Crippen LogP contribution in [0.25, 0.3) is 11.0 Å². The van der Waals surface area contributed by atoms with Crippen LogP contribution in [0.1, 0.15) is 88.7 Å². The van der Waals surface area contributed by atoms with E-state index >= 15 is 0 Å². The number of hydrogen-bond donors (Lipinski definition) is 1. The maximum absolute atomic E-state index is 13.4. The van der Waals surface area contributed by atoms with E-state index in [9.17, 15) is 14.7 Å². The first kappa shape index (κ1) is 28.8. The molecule has 3 saturated heterocycles. The van der Waals surface area contributed by atoms with E-state index in [0.29, 0.717) is 36.8 Å². The van der Waals surface area contributed by atoms with Gasteiger partial charge in [-0.05, 0) is 107 Å². The molecule has 1 amide bonds. The van der Waals surface area contributed by atoms with Crippen LogP contribution in [0.2, 0.25) is 0 Å². The average molecular weight is 591 g/mol. The largest absolute Gasteiger partial charge is 0.478 e. The predicted molar refractivity (Wildman–Crippen MR) is 172 cm³/mol. The second kappa shape index (κ2) is 11.5. The van der Waals surface area contributed by atoms with Gasteiger partial charge in [-0.15, -0.1) is 0 Å². The second-order valence-corrected chi connectivity index (χ2v) is 13.3. The molecule has 2 atom stereocenters. The zero-order valence-corrected chi connectivity index (χ0v) is 25.8. The minimum absolute atomic E-state index is 0.0147. The number of nitrogens with zero attached hydrogens (tertiary/aromatic N) is 4. The van der Waals surface area contributed by atoms with Crippen LogP contribution in [-0.4, -0.2) is 68.1 Å². The molecule has 7 rings (SSSR count). The molecule has 3 aliphatic heterocycles. The van der Waals surface area contributed by atoms with Gasteiger partial charge in [0.15, 0.2) is 0 Å². The van der Waals surface area contributed by atoms with Crippen LogP contribution in [0.5, 0.6) is 0 Å². The number of benzene rings is 3. The lowest BCUT2D eigenvalue weighted by molar-refractivity contribution is 0.0607. The second-order valence-electron chi connectivity index (χ2n) is 13.3. The molecule has 1 aromatic heterocycles. The molecule has 3 aliphatic rings. The van der Waals surface area contributed by atoms with Crippen molar-refractivity contribution in [2.24, 2.45) is 0 Å². The van der Waals surface area contributed by atoms with E-state index in [1.807, 2.05) is 4.90 Å². The lowest BCUT2D eigenvalue weighted by Gasteiger charge is -2.45. The third-order valence-corrected chi connectivity index (χ3v) is 10.9. The van der Waals surface area contributed by atoms with Gasteiger partial charge in [-0.1, -0.05) is 48.0 Å². The van der Waals surface area contributed by atoms with Gasteiger partial charge in [0.25, 0.3) is 5.91 Å². The number of para-hydroxylation sites is 2. The van der Waals surface area contributed by atoms with E-state index in [0.717, 1.165) is 37.1 Å². The normalized spacial score (nSPS) is 23.2. The number of aryl methyl sites for hydroxylation is 2. The third-order valence-electron chi connectivity index (χ3n) is 10.9. The summed E-state index contributed by atoms with van der Waals surface area (Å²) in [5, 5.41) is 9.41. The number of fused-ring (bicyclic) bond motifs is 3. The highest BCUT2D eigenvalue weighted by atomic mass is 16.4. The molecule has 2 bridgehead atoms. The first-order chi connectivity index (χ1) is 21.3. The number of rotatable bonds is 7. The maximum atomic E-state index is 13.4. The van der Waals surface area contributed by atoms with E-state index in [1.54, 1.807) is 12.1 Å². The SMILES string of the molecule is Cc1ccc(C2(CCN3C4CCC3CC(n3c(C)nc5ccccc53)C4)CCN(C(=O)c3cccc(C(=O)O)c3)CC2)cc1. The summed E-state index contributed by atoms with van der Waals surface area (Å²) >= 11 is 0. The highest BCUT2D eigenvalue weighted by molar-refractivity contribution is 5.97. The Morgan fingerprint density at radius 1 is 0.864 bits per heavy atom. The van der Waals surface area contributed by atoms with Crippen LogP contribution >= 0.6 is 0 Å². The lowest BCUT2D eigenvalue weighted by Crippen LogP contribution is -2.49. The number of carbonyl (C=O) groups excluding carboxylic acids is 1. The third kappa shape index (κ3) is 5.21. The molecule has 3 aromatic carbocycles. The number of imidazole rings is 1. The fourth-order valence-corrected chi connectivity index (χ4v) is 8.49. The van der Waals surface area contributed by atoms with E-state index in [4.69, 9.17) is 4.98 Å². The fourth-order valence-electron chi connectivity index (χ4n) is 8.49. The zero-order chi connectivity index (χ0) is 30.4. The van der Waals surface area contributed by atoms with Crippen LogP contribution in [0.4, 0.5) is 0 Å². The van der Waals surface area contributed by atoms with E-state index in [-0.39, 0.29) is 16.9 Å². The summed E-state index contributed by atoms with van der Waals surface area (Å²) in [6, 6.07) is 25.7. The molecule has 7 nitrogen and oxygen atoms in total. The van der Waals surface area contributed by atoms with Crippen molar-refractivity contribution in [3.63, 3.8) is 0 Å². The van der Waals surface area contributed by atoms with Gasteiger partial charge in [0, 0.05) is 36.8 Å². The van der Waals surface area contributed by atoms with Crippen molar-refractivity contribution >= 4 is 22.9 Å². The molecule has 228 valence electrons. The van der Waals surface area contributed by atoms with E-state index < -0.39 is 5.97 Å². The van der Waals surface area contributed by atoms with Gasteiger partial charge < -0.3 is 14.6 Å². The van der Waals surface area contributed by atoms with E-state index in [2.05, 4.69) is 71.8 Å². The molecule has 4 aromatic rings. The zero-order valence-electron chi connectivity index (χ0n) is 25.8. The Morgan fingerprint density at radius 3 is 2.25 bits per heavy atom. The Labute approximate surface area is 259 Å². The van der Waals surface area contributed by atoms with Crippen LogP contribution in [0, 0.1) is 13.8 Å². The number of carboxylic acids is 1. The van der Waals surface area contributed by atoms with Crippen molar-refractivity contribution in [1.29, 1.82) is 0 Å². The number of likely N-dealkylation sites (tertiary alicyclic amines) is 1. The average Bonchev–Trinajstić information content (AvgIpc) is 3.50. The minimum atomic E-state index is -1.01. The Morgan fingerprint density at radius 2 is 1.55 bits per heavy atom.